The predicted octanol–water partition coefficient (Wildman–Crippen LogP) is 11.9. The van der Waals surface area contributed by atoms with E-state index < -0.39 is 0 Å². The van der Waals surface area contributed by atoms with Crippen molar-refractivity contribution in [3.63, 3.8) is 0 Å². The predicted molar refractivity (Wildman–Crippen MR) is 229 cm³/mol. The lowest BCUT2D eigenvalue weighted by Gasteiger charge is -2.46. The standard InChI is InChI=1S/C50H35BN4/c1-7-20-36(21-8-1)44-34-46-49(52(44)38-24-11-3-12-25-38)42-32-19-33-43-48(42)51(54(46)40-28-15-5-16-29-40)55(41-30-17-6-18-31-41)47-35-45(37-22-9-2-10-23-37)53(50(43)47)39-26-13-4-14-27-39/h1-35H. The van der Waals surface area contributed by atoms with Crippen molar-refractivity contribution in [3.8, 4) is 56.4 Å². The van der Waals surface area contributed by atoms with Crippen molar-refractivity contribution in [3.05, 3.63) is 212 Å². The molecule has 11 rings (SSSR count). The van der Waals surface area contributed by atoms with E-state index in [0.717, 1.165) is 34.1 Å². The van der Waals surface area contributed by atoms with Gasteiger partial charge in [-0.3, -0.25) is 0 Å². The molecule has 9 aromatic rings. The maximum atomic E-state index is 2.57. The third-order valence-electron chi connectivity index (χ3n) is 11.1. The number of benzene rings is 7. The molecule has 0 atom stereocenters. The molecule has 0 radical (unpaired) electrons. The van der Waals surface area contributed by atoms with Crippen molar-refractivity contribution in [1.29, 1.82) is 0 Å². The van der Waals surface area contributed by atoms with Crippen LogP contribution in [0, 0.1) is 0 Å². The van der Waals surface area contributed by atoms with E-state index in [1.807, 2.05) is 0 Å². The minimum atomic E-state index is -0.193. The normalized spacial score (nSPS) is 12.6. The summed E-state index contributed by atoms with van der Waals surface area (Å²) in [6.07, 6.45) is 0. The van der Waals surface area contributed by atoms with Crippen LogP contribution in [0.3, 0.4) is 0 Å². The Hall–Kier alpha value is -7.24. The molecule has 0 fully saturated rings. The molecule has 4 nitrogen and oxygen atoms in total. The molecule has 0 unspecified atom stereocenters. The number of para-hydroxylation sites is 4. The van der Waals surface area contributed by atoms with Gasteiger partial charge in [0, 0.05) is 22.7 Å². The summed E-state index contributed by atoms with van der Waals surface area (Å²) in [7, 11) is 0. The van der Waals surface area contributed by atoms with Crippen molar-refractivity contribution in [2.75, 3.05) is 9.62 Å². The topological polar surface area (TPSA) is 16.3 Å². The van der Waals surface area contributed by atoms with Crippen LogP contribution in [-0.2, 0) is 0 Å². The number of rotatable bonds is 6. The summed E-state index contributed by atoms with van der Waals surface area (Å²) in [4.78, 5) is 5.15. The number of hydrogen-bond acceptors (Lipinski definition) is 2. The molecule has 2 aromatic heterocycles. The molecule has 0 bridgehead atoms. The van der Waals surface area contributed by atoms with Crippen LogP contribution in [0.5, 0.6) is 0 Å². The molecular weight excluding hydrogens is 667 g/mol. The van der Waals surface area contributed by atoms with Crippen molar-refractivity contribution in [1.82, 2.24) is 9.13 Å². The van der Waals surface area contributed by atoms with Crippen LogP contribution >= 0.6 is 0 Å². The molecule has 0 saturated heterocycles. The molecule has 55 heavy (non-hydrogen) atoms. The first-order valence-electron chi connectivity index (χ1n) is 18.9. The largest absolute Gasteiger partial charge is 0.422 e. The van der Waals surface area contributed by atoms with E-state index in [0.29, 0.717) is 0 Å². The van der Waals surface area contributed by atoms with Crippen LogP contribution < -0.4 is 15.1 Å². The quantitative estimate of drug-likeness (QED) is 0.160. The van der Waals surface area contributed by atoms with E-state index in [1.54, 1.807) is 0 Å². The van der Waals surface area contributed by atoms with Crippen molar-refractivity contribution in [2.24, 2.45) is 0 Å². The van der Waals surface area contributed by atoms with E-state index in [-0.39, 0.29) is 6.98 Å². The van der Waals surface area contributed by atoms with Gasteiger partial charge in [0.05, 0.1) is 34.2 Å². The van der Waals surface area contributed by atoms with Crippen LogP contribution in [0.25, 0.3) is 56.4 Å². The van der Waals surface area contributed by atoms with Crippen LogP contribution in [0.1, 0.15) is 0 Å². The van der Waals surface area contributed by atoms with Gasteiger partial charge >= 0.3 is 6.98 Å². The number of anilines is 4. The van der Waals surface area contributed by atoms with Crippen molar-refractivity contribution < 1.29 is 0 Å². The van der Waals surface area contributed by atoms with Crippen LogP contribution in [0.2, 0.25) is 0 Å². The molecule has 7 aromatic carbocycles. The summed E-state index contributed by atoms with van der Waals surface area (Å²) in [6, 6.07) is 76.8. The minimum absolute atomic E-state index is 0.193. The SMILES string of the molecule is c1ccc(-c2cc3c(n2-c2ccccc2)-c2cccc4c2B(N3c2ccccc2)N(c2ccccc2)c2cc(-c3ccccc3)n(-c3ccccc3)c2-4)cc1. The van der Waals surface area contributed by atoms with E-state index in [2.05, 4.69) is 231 Å². The molecule has 2 aliphatic rings. The summed E-state index contributed by atoms with van der Waals surface area (Å²) < 4.78 is 4.95. The molecule has 0 aliphatic carbocycles. The Balaban J connectivity index is 1.31. The van der Waals surface area contributed by atoms with Crippen LogP contribution in [-0.4, -0.2) is 16.1 Å². The monoisotopic (exact) mass is 702 g/mol. The van der Waals surface area contributed by atoms with E-state index in [9.17, 15) is 0 Å². The third kappa shape index (κ3) is 4.87. The second-order valence-corrected chi connectivity index (χ2v) is 14.2. The highest BCUT2D eigenvalue weighted by atomic mass is 15.3. The van der Waals surface area contributed by atoms with Crippen LogP contribution in [0.4, 0.5) is 22.7 Å². The van der Waals surface area contributed by atoms with Gasteiger partial charge in [0.2, 0.25) is 0 Å². The van der Waals surface area contributed by atoms with Crippen molar-refractivity contribution >= 4 is 35.2 Å². The highest BCUT2D eigenvalue weighted by Crippen LogP contribution is 2.53. The molecule has 0 saturated carbocycles. The fraction of sp³-hybridized carbons (Fsp3) is 0. The zero-order chi connectivity index (χ0) is 36.3. The Morgan fingerprint density at radius 3 is 1.00 bits per heavy atom. The number of nitrogens with zero attached hydrogens (tertiary/aromatic N) is 4. The second-order valence-electron chi connectivity index (χ2n) is 14.2. The van der Waals surface area contributed by atoms with Gasteiger partial charge in [0.1, 0.15) is 0 Å². The summed E-state index contributed by atoms with van der Waals surface area (Å²) in [5, 5.41) is 0. The Morgan fingerprint density at radius 2 is 0.636 bits per heavy atom. The Kier molecular flexibility index (Phi) is 7.24. The summed E-state index contributed by atoms with van der Waals surface area (Å²) in [5.41, 5.74) is 17.6. The van der Waals surface area contributed by atoms with Gasteiger partial charge in [0.25, 0.3) is 0 Å². The Morgan fingerprint density at radius 1 is 0.309 bits per heavy atom. The van der Waals surface area contributed by atoms with Gasteiger partial charge < -0.3 is 18.8 Å². The Labute approximate surface area is 321 Å². The third-order valence-corrected chi connectivity index (χ3v) is 11.1. The van der Waals surface area contributed by atoms with Gasteiger partial charge in [-0.25, -0.2) is 0 Å². The molecule has 5 heteroatoms. The first kappa shape index (κ1) is 31.3. The summed E-state index contributed by atoms with van der Waals surface area (Å²) in [5.74, 6) is 0. The Bertz CT molecular complexity index is 2610. The first-order valence-corrected chi connectivity index (χ1v) is 18.9. The fourth-order valence-corrected chi connectivity index (χ4v) is 8.84. The molecular formula is C50H35BN4. The average molecular weight is 703 g/mol. The minimum Gasteiger partial charge on any atom is -0.360 e. The van der Waals surface area contributed by atoms with Gasteiger partial charge in [0.15, 0.2) is 0 Å². The van der Waals surface area contributed by atoms with E-state index in [4.69, 9.17) is 0 Å². The lowest BCUT2D eigenvalue weighted by atomic mass is 9.54. The first-order chi connectivity index (χ1) is 27.3. The molecule has 0 amide bonds. The van der Waals surface area contributed by atoms with Crippen molar-refractivity contribution in [2.45, 2.75) is 0 Å². The lowest BCUT2D eigenvalue weighted by molar-refractivity contribution is 1.08. The van der Waals surface area contributed by atoms with E-state index >= 15 is 0 Å². The molecule has 258 valence electrons. The van der Waals surface area contributed by atoms with Crippen LogP contribution in [0.15, 0.2) is 212 Å². The summed E-state index contributed by atoms with van der Waals surface area (Å²) >= 11 is 0. The maximum absolute atomic E-state index is 2.57. The van der Waals surface area contributed by atoms with E-state index in [1.165, 1.54) is 50.5 Å². The van der Waals surface area contributed by atoms with Gasteiger partial charge in [-0.2, -0.15) is 0 Å². The lowest BCUT2D eigenvalue weighted by Crippen LogP contribution is -2.61. The molecule has 4 heterocycles. The zero-order valence-corrected chi connectivity index (χ0v) is 30.1. The highest BCUT2D eigenvalue weighted by molar-refractivity contribution is 6.86. The molecule has 2 aliphatic heterocycles. The number of hydrogen-bond donors (Lipinski definition) is 0. The highest BCUT2D eigenvalue weighted by Gasteiger charge is 2.49. The smallest absolute Gasteiger partial charge is 0.360 e. The second kappa shape index (κ2) is 12.7. The maximum Gasteiger partial charge on any atom is 0.422 e. The van der Waals surface area contributed by atoms with Gasteiger partial charge in [-0.1, -0.05) is 152 Å². The van der Waals surface area contributed by atoms with Gasteiger partial charge in [-0.15, -0.1) is 0 Å². The molecule has 0 N–H and O–H groups in total. The van der Waals surface area contributed by atoms with Gasteiger partial charge in [-0.05, 0) is 88.4 Å². The zero-order valence-electron chi connectivity index (χ0n) is 30.1. The fourth-order valence-electron chi connectivity index (χ4n) is 8.84. The average Bonchev–Trinajstić information content (AvgIpc) is 3.87. The number of aromatic nitrogens is 2. The summed E-state index contributed by atoms with van der Waals surface area (Å²) in [6.45, 7) is -0.193. The molecule has 0 spiro atoms. The number of fused-ring (bicyclic) bond motifs is 4.